The predicted molar refractivity (Wildman–Crippen MR) is 109 cm³/mol. The van der Waals surface area contributed by atoms with Crippen molar-refractivity contribution in [2.24, 2.45) is 0 Å². The summed E-state index contributed by atoms with van der Waals surface area (Å²) in [6.07, 6.45) is 4.61. The predicted octanol–water partition coefficient (Wildman–Crippen LogP) is 3.61. The van der Waals surface area contributed by atoms with Gasteiger partial charge in [-0.15, -0.1) is 0 Å². The second kappa shape index (κ2) is 9.13. The lowest BCUT2D eigenvalue weighted by Crippen LogP contribution is -2.28. The highest BCUT2D eigenvalue weighted by Crippen LogP contribution is 2.24. The van der Waals surface area contributed by atoms with Gasteiger partial charge in [-0.05, 0) is 37.3 Å². The lowest BCUT2D eigenvalue weighted by atomic mass is 10.2. The van der Waals surface area contributed by atoms with E-state index < -0.39 is 5.91 Å². The number of nitrogens with one attached hydrogen (secondary N) is 4. The highest BCUT2D eigenvalue weighted by atomic mass is 16.2. The average molecular weight is 376 g/mol. The maximum Gasteiger partial charge on any atom is 0.319 e. The molecule has 0 radical (unpaired) electrons. The van der Waals surface area contributed by atoms with E-state index in [2.05, 4.69) is 31.2 Å². The van der Waals surface area contributed by atoms with Gasteiger partial charge in [-0.1, -0.05) is 18.2 Å². The fourth-order valence-electron chi connectivity index (χ4n) is 2.45. The molecule has 2 heterocycles. The van der Waals surface area contributed by atoms with E-state index in [1.165, 1.54) is 6.20 Å². The highest BCUT2D eigenvalue weighted by molar-refractivity contribution is 6.07. The molecule has 0 bridgehead atoms. The maximum atomic E-state index is 12.7. The minimum atomic E-state index is -0.393. The molecule has 4 N–H and O–H groups in total. The van der Waals surface area contributed by atoms with Crippen LogP contribution in [0.2, 0.25) is 0 Å². The van der Waals surface area contributed by atoms with Gasteiger partial charge >= 0.3 is 6.03 Å². The fraction of sp³-hybridized carbons (Fsp3) is 0.100. The summed E-state index contributed by atoms with van der Waals surface area (Å²) >= 11 is 0. The standard InChI is InChI=1S/C20H20N6O2/c1-2-22-20(28)26-16-11-17(24-14-7-4-3-5-8-14)18(23-13-16)19(27)25-15-9-6-10-21-12-15/h3-13,24H,2H2,1H3,(H,25,27)(H2,22,26,28). The summed E-state index contributed by atoms with van der Waals surface area (Å²) in [6.45, 7) is 2.33. The Morgan fingerprint density at radius 1 is 0.929 bits per heavy atom. The number of para-hydroxylation sites is 1. The van der Waals surface area contributed by atoms with E-state index in [-0.39, 0.29) is 11.7 Å². The van der Waals surface area contributed by atoms with Crippen LogP contribution < -0.4 is 21.3 Å². The van der Waals surface area contributed by atoms with Crippen molar-refractivity contribution in [3.8, 4) is 0 Å². The van der Waals surface area contributed by atoms with Gasteiger partial charge in [0, 0.05) is 18.4 Å². The quantitative estimate of drug-likeness (QED) is 0.526. The average Bonchev–Trinajstić information content (AvgIpc) is 2.70. The third-order valence-electron chi connectivity index (χ3n) is 3.67. The summed E-state index contributed by atoms with van der Waals surface area (Å²) in [7, 11) is 0. The fourth-order valence-corrected chi connectivity index (χ4v) is 2.45. The SMILES string of the molecule is CCNC(=O)Nc1cnc(C(=O)Nc2cccnc2)c(Nc2ccccc2)c1. The van der Waals surface area contributed by atoms with Crippen LogP contribution in [-0.4, -0.2) is 28.5 Å². The van der Waals surface area contributed by atoms with Crippen molar-refractivity contribution in [3.05, 3.63) is 72.8 Å². The topological polar surface area (TPSA) is 108 Å². The number of hydrogen-bond acceptors (Lipinski definition) is 5. The number of aromatic nitrogens is 2. The van der Waals surface area contributed by atoms with E-state index in [1.54, 1.807) is 30.6 Å². The lowest BCUT2D eigenvalue weighted by Gasteiger charge is -2.14. The van der Waals surface area contributed by atoms with Gasteiger partial charge in [-0.3, -0.25) is 9.78 Å². The number of rotatable bonds is 6. The van der Waals surface area contributed by atoms with Crippen molar-refractivity contribution >= 4 is 34.7 Å². The Morgan fingerprint density at radius 3 is 2.43 bits per heavy atom. The number of benzene rings is 1. The lowest BCUT2D eigenvalue weighted by molar-refractivity contribution is 0.102. The van der Waals surface area contributed by atoms with E-state index in [4.69, 9.17) is 0 Å². The number of carbonyl (C=O) groups is 2. The third-order valence-corrected chi connectivity index (χ3v) is 3.67. The first-order chi connectivity index (χ1) is 13.7. The van der Waals surface area contributed by atoms with Gasteiger partial charge in [-0.2, -0.15) is 0 Å². The molecule has 3 amide bonds. The Bertz CT molecular complexity index is 947. The van der Waals surface area contributed by atoms with Crippen molar-refractivity contribution in [1.82, 2.24) is 15.3 Å². The molecule has 0 aliphatic rings. The van der Waals surface area contributed by atoms with Gasteiger partial charge in [0.1, 0.15) is 0 Å². The largest absolute Gasteiger partial charge is 0.354 e. The number of amides is 3. The van der Waals surface area contributed by atoms with E-state index in [0.29, 0.717) is 23.6 Å². The smallest absolute Gasteiger partial charge is 0.319 e. The first-order valence-electron chi connectivity index (χ1n) is 8.74. The van der Waals surface area contributed by atoms with Crippen molar-refractivity contribution in [2.45, 2.75) is 6.92 Å². The van der Waals surface area contributed by atoms with Crippen LogP contribution in [0.25, 0.3) is 0 Å². The summed E-state index contributed by atoms with van der Waals surface area (Å²) in [4.78, 5) is 32.7. The number of hydrogen-bond donors (Lipinski definition) is 4. The molecule has 0 saturated heterocycles. The normalized spacial score (nSPS) is 10.0. The van der Waals surface area contributed by atoms with Gasteiger partial charge in [0.15, 0.2) is 5.69 Å². The second-order valence-electron chi connectivity index (χ2n) is 5.79. The molecule has 3 rings (SSSR count). The summed E-state index contributed by atoms with van der Waals surface area (Å²) < 4.78 is 0. The summed E-state index contributed by atoms with van der Waals surface area (Å²) in [5, 5.41) is 11.3. The Balaban J connectivity index is 1.88. The first-order valence-corrected chi connectivity index (χ1v) is 8.74. The van der Waals surface area contributed by atoms with E-state index in [9.17, 15) is 9.59 Å². The van der Waals surface area contributed by atoms with Gasteiger partial charge in [0.05, 0.1) is 29.5 Å². The Hall–Kier alpha value is -3.94. The van der Waals surface area contributed by atoms with Crippen molar-refractivity contribution < 1.29 is 9.59 Å². The van der Waals surface area contributed by atoms with Gasteiger partial charge in [-0.25, -0.2) is 9.78 Å². The van der Waals surface area contributed by atoms with E-state index in [1.807, 2.05) is 37.3 Å². The number of anilines is 4. The van der Waals surface area contributed by atoms with Crippen LogP contribution in [0.3, 0.4) is 0 Å². The number of carbonyl (C=O) groups excluding carboxylic acids is 2. The van der Waals surface area contributed by atoms with Crippen LogP contribution in [0.15, 0.2) is 67.1 Å². The molecule has 2 aromatic heterocycles. The van der Waals surface area contributed by atoms with E-state index in [0.717, 1.165) is 5.69 Å². The number of nitrogens with zero attached hydrogens (tertiary/aromatic N) is 2. The molecule has 0 unspecified atom stereocenters. The summed E-state index contributed by atoms with van der Waals surface area (Å²) in [5.74, 6) is -0.393. The molecule has 0 atom stereocenters. The molecule has 0 fully saturated rings. The number of pyridine rings is 2. The summed E-state index contributed by atoms with van der Waals surface area (Å²) in [5.41, 5.74) is 2.46. The van der Waals surface area contributed by atoms with Crippen LogP contribution in [0.5, 0.6) is 0 Å². The molecule has 3 aromatic rings. The van der Waals surface area contributed by atoms with Crippen molar-refractivity contribution in [3.63, 3.8) is 0 Å². The molecule has 0 aliphatic heterocycles. The van der Waals surface area contributed by atoms with Crippen LogP contribution in [0.1, 0.15) is 17.4 Å². The molecule has 8 heteroatoms. The number of urea groups is 1. The third kappa shape index (κ3) is 5.04. The molecular weight excluding hydrogens is 356 g/mol. The first kappa shape index (κ1) is 18.8. The Kier molecular flexibility index (Phi) is 6.14. The molecule has 0 aliphatic carbocycles. The zero-order chi connectivity index (χ0) is 19.8. The molecule has 142 valence electrons. The molecule has 28 heavy (non-hydrogen) atoms. The Labute approximate surface area is 162 Å². The minimum absolute atomic E-state index is 0.189. The van der Waals surface area contributed by atoms with Crippen LogP contribution >= 0.6 is 0 Å². The molecule has 0 saturated carbocycles. The molecule has 8 nitrogen and oxygen atoms in total. The Morgan fingerprint density at radius 2 is 1.71 bits per heavy atom. The monoisotopic (exact) mass is 376 g/mol. The van der Waals surface area contributed by atoms with Gasteiger partial charge in [0.25, 0.3) is 5.91 Å². The molecule has 0 spiro atoms. The van der Waals surface area contributed by atoms with Crippen molar-refractivity contribution in [1.29, 1.82) is 0 Å². The summed E-state index contributed by atoms with van der Waals surface area (Å²) in [6, 6.07) is 14.2. The zero-order valence-electron chi connectivity index (χ0n) is 15.3. The zero-order valence-corrected chi connectivity index (χ0v) is 15.3. The molecular formula is C20H20N6O2. The van der Waals surface area contributed by atoms with E-state index >= 15 is 0 Å². The second-order valence-corrected chi connectivity index (χ2v) is 5.79. The maximum absolute atomic E-state index is 12.7. The minimum Gasteiger partial charge on any atom is -0.354 e. The van der Waals surface area contributed by atoms with Gasteiger partial charge < -0.3 is 21.3 Å². The van der Waals surface area contributed by atoms with Crippen LogP contribution in [0, 0.1) is 0 Å². The molecule has 1 aromatic carbocycles. The van der Waals surface area contributed by atoms with Gasteiger partial charge in [0.2, 0.25) is 0 Å². The van der Waals surface area contributed by atoms with Crippen molar-refractivity contribution in [2.75, 3.05) is 22.5 Å². The van der Waals surface area contributed by atoms with Crippen LogP contribution in [0.4, 0.5) is 27.5 Å². The van der Waals surface area contributed by atoms with Crippen LogP contribution in [-0.2, 0) is 0 Å². The highest BCUT2D eigenvalue weighted by Gasteiger charge is 2.16.